The lowest BCUT2D eigenvalue weighted by Crippen LogP contribution is -2.48. The van der Waals surface area contributed by atoms with Gasteiger partial charge in [0.05, 0.1) is 6.61 Å². The van der Waals surface area contributed by atoms with Crippen molar-refractivity contribution in [3.63, 3.8) is 0 Å². The summed E-state index contributed by atoms with van der Waals surface area (Å²) in [6.07, 6.45) is 4.44. The van der Waals surface area contributed by atoms with E-state index in [2.05, 4.69) is 22.5 Å². The Hall–Kier alpha value is -2.60. The third kappa shape index (κ3) is 5.20. The number of piperidine rings is 1. The topological polar surface area (TPSA) is 72.5 Å². The molecule has 6 nitrogen and oxygen atoms in total. The van der Waals surface area contributed by atoms with E-state index in [4.69, 9.17) is 9.47 Å². The molecule has 2 heterocycles. The van der Waals surface area contributed by atoms with Crippen molar-refractivity contribution in [1.82, 2.24) is 15.6 Å². The zero-order chi connectivity index (χ0) is 19.1. The van der Waals surface area contributed by atoms with Crippen molar-refractivity contribution in [2.75, 3.05) is 19.7 Å². The summed E-state index contributed by atoms with van der Waals surface area (Å²) in [4.78, 5) is 16.8. The summed E-state index contributed by atoms with van der Waals surface area (Å²) in [5.41, 5.74) is 1.56. The number of pyridine rings is 1. The lowest BCUT2D eigenvalue weighted by Gasteiger charge is -2.30. The molecule has 3 rings (SSSR count). The number of carbonyl (C=O) groups is 1. The number of benzene rings is 1. The van der Waals surface area contributed by atoms with Gasteiger partial charge in [-0.3, -0.25) is 9.78 Å². The normalized spacial score (nSPS) is 19.3. The van der Waals surface area contributed by atoms with E-state index >= 15 is 0 Å². The number of ether oxygens (including phenoxy) is 2. The number of hydrogen-bond donors (Lipinski definition) is 2. The molecule has 2 unspecified atom stereocenters. The van der Waals surface area contributed by atoms with Crippen LogP contribution in [0.3, 0.4) is 0 Å². The summed E-state index contributed by atoms with van der Waals surface area (Å²) in [7, 11) is 0. The second kappa shape index (κ2) is 9.37. The van der Waals surface area contributed by atoms with E-state index in [1.54, 1.807) is 30.6 Å². The molecule has 1 saturated heterocycles. The molecule has 0 radical (unpaired) electrons. The first-order chi connectivity index (χ1) is 13.2. The molecule has 6 heteroatoms. The van der Waals surface area contributed by atoms with Crippen molar-refractivity contribution < 1.29 is 14.3 Å². The van der Waals surface area contributed by atoms with Crippen LogP contribution in [0.25, 0.3) is 0 Å². The average molecular weight is 369 g/mol. The third-order valence-electron chi connectivity index (χ3n) is 4.72. The predicted molar refractivity (Wildman–Crippen MR) is 104 cm³/mol. The van der Waals surface area contributed by atoms with Crippen molar-refractivity contribution in [3.8, 4) is 11.5 Å². The van der Waals surface area contributed by atoms with Crippen LogP contribution in [0.1, 0.15) is 36.2 Å². The number of nitrogens with zero attached hydrogens (tertiary/aromatic N) is 1. The largest absolute Gasteiger partial charge is 0.490 e. The summed E-state index contributed by atoms with van der Waals surface area (Å²) in [6.45, 7) is 6.81. The second-order valence-electron chi connectivity index (χ2n) is 6.79. The number of aromatic nitrogens is 1. The van der Waals surface area contributed by atoms with Gasteiger partial charge >= 0.3 is 0 Å². The first-order valence-electron chi connectivity index (χ1n) is 9.47. The van der Waals surface area contributed by atoms with Gasteiger partial charge in [-0.25, -0.2) is 0 Å². The lowest BCUT2D eigenvalue weighted by molar-refractivity contribution is 0.0913. The molecular formula is C21H27N3O3. The molecule has 0 aliphatic carbocycles. The highest BCUT2D eigenvalue weighted by Crippen LogP contribution is 2.29. The molecule has 144 valence electrons. The smallest absolute Gasteiger partial charge is 0.251 e. The highest BCUT2D eigenvalue weighted by Gasteiger charge is 2.23. The van der Waals surface area contributed by atoms with Crippen molar-refractivity contribution in [1.29, 1.82) is 0 Å². The zero-order valence-corrected chi connectivity index (χ0v) is 15.9. The maximum Gasteiger partial charge on any atom is 0.251 e. The molecule has 1 aromatic carbocycles. The highest BCUT2D eigenvalue weighted by atomic mass is 16.5. The zero-order valence-electron chi connectivity index (χ0n) is 15.9. The van der Waals surface area contributed by atoms with Gasteiger partial charge in [0.15, 0.2) is 11.5 Å². The van der Waals surface area contributed by atoms with E-state index in [-0.39, 0.29) is 11.9 Å². The van der Waals surface area contributed by atoms with Crippen molar-refractivity contribution in [3.05, 3.63) is 53.9 Å². The van der Waals surface area contributed by atoms with Gasteiger partial charge in [-0.1, -0.05) is 13.0 Å². The molecular weight excluding hydrogens is 342 g/mol. The van der Waals surface area contributed by atoms with Crippen LogP contribution >= 0.6 is 0 Å². The van der Waals surface area contributed by atoms with Gasteiger partial charge in [-0.05, 0) is 56.6 Å². The van der Waals surface area contributed by atoms with Crippen molar-refractivity contribution >= 4 is 5.91 Å². The number of nitrogens with one attached hydrogen (secondary N) is 2. The monoisotopic (exact) mass is 369 g/mol. The van der Waals surface area contributed by atoms with Crippen LogP contribution in [0, 0.1) is 5.92 Å². The molecule has 1 aliphatic rings. The summed E-state index contributed by atoms with van der Waals surface area (Å²) < 4.78 is 11.6. The van der Waals surface area contributed by atoms with E-state index in [1.807, 2.05) is 19.1 Å². The molecule has 1 aliphatic heterocycles. The molecule has 0 saturated carbocycles. The molecule has 27 heavy (non-hydrogen) atoms. The van der Waals surface area contributed by atoms with Gasteiger partial charge in [0, 0.05) is 29.6 Å². The van der Waals surface area contributed by atoms with Crippen LogP contribution in [0.5, 0.6) is 11.5 Å². The summed E-state index contributed by atoms with van der Waals surface area (Å²) >= 11 is 0. The quantitative estimate of drug-likeness (QED) is 0.785. The van der Waals surface area contributed by atoms with Crippen LogP contribution < -0.4 is 20.1 Å². The minimum absolute atomic E-state index is 0.0755. The van der Waals surface area contributed by atoms with E-state index < -0.39 is 0 Å². The van der Waals surface area contributed by atoms with Gasteiger partial charge in [-0.15, -0.1) is 0 Å². The Morgan fingerprint density at radius 1 is 1.30 bits per heavy atom. The first kappa shape index (κ1) is 19.2. The fourth-order valence-corrected chi connectivity index (χ4v) is 3.16. The maximum absolute atomic E-state index is 12.7. The Balaban J connectivity index is 1.69. The average Bonchev–Trinajstić information content (AvgIpc) is 2.69. The molecule has 0 spiro atoms. The Morgan fingerprint density at radius 3 is 2.93 bits per heavy atom. The van der Waals surface area contributed by atoms with E-state index in [0.29, 0.717) is 36.2 Å². The third-order valence-corrected chi connectivity index (χ3v) is 4.72. The van der Waals surface area contributed by atoms with Gasteiger partial charge in [0.1, 0.15) is 6.61 Å². The maximum atomic E-state index is 12.7. The van der Waals surface area contributed by atoms with Gasteiger partial charge in [0.25, 0.3) is 5.91 Å². The molecule has 2 N–H and O–H groups in total. The van der Waals surface area contributed by atoms with Crippen LogP contribution in [-0.4, -0.2) is 36.6 Å². The fourth-order valence-electron chi connectivity index (χ4n) is 3.16. The Kier molecular flexibility index (Phi) is 6.65. The summed E-state index contributed by atoms with van der Waals surface area (Å²) in [5.74, 6) is 1.53. The van der Waals surface area contributed by atoms with Crippen LogP contribution in [0.15, 0.2) is 42.7 Å². The Labute approximate surface area is 160 Å². The van der Waals surface area contributed by atoms with Crippen LogP contribution in [0.4, 0.5) is 0 Å². The van der Waals surface area contributed by atoms with Crippen molar-refractivity contribution in [2.24, 2.45) is 5.92 Å². The minimum atomic E-state index is -0.0755. The van der Waals surface area contributed by atoms with Gasteiger partial charge in [-0.2, -0.15) is 0 Å². The fraction of sp³-hybridized carbons (Fsp3) is 0.429. The van der Waals surface area contributed by atoms with Crippen LogP contribution in [-0.2, 0) is 6.61 Å². The number of rotatable bonds is 7. The lowest BCUT2D eigenvalue weighted by atomic mass is 9.95. The summed E-state index contributed by atoms with van der Waals surface area (Å²) in [5, 5.41) is 6.49. The first-order valence-corrected chi connectivity index (χ1v) is 9.47. The van der Waals surface area contributed by atoms with E-state index in [0.717, 1.165) is 25.1 Å². The Bertz CT molecular complexity index is 752. The van der Waals surface area contributed by atoms with E-state index in [1.165, 1.54) is 0 Å². The van der Waals surface area contributed by atoms with Crippen LogP contribution in [0.2, 0.25) is 0 Å². The van der Waals surface area contributed by atoms with Gasteiger partial charge in [0.2, 0.25) is 0 Å². The predicted octanol–water partition coefficient (Wildman–Crippen LogP) is 2.79. The molecule has 2 atom stereocenters. The SMILES string of the molecule is CCOc1cc(C(=O)NC2CCNCC2C)ccc1OCc1cccnc1. The second-order valence-corrected chi connectivity index (χ2v) is 6.79. The van der Waals surface area contributed by atoms with Crippen molar-refractivity contribution in [2.45, 2.75) is 32.9 Å². The Morgan fingerprint density at radius 2 is 2.19 bits per heavy atom. The molecule has 2 aromatic rings. The van der Waals surface area contributed by atoms with Gasteiger partial charge < -0.3 is 20.1 Å². The molecule has 1 aromatic heterocycles. The number of amides is 1. The molecule has 0 bridgehead atoms. The minimum Gasteiger partial charge on any atom is -0.490 e. The number of carbonyl (C=O) groups excluding carboxylic acids is 1. The molecule has 1 fully saturated rings. The standard InChI is InChI=1S/C21H27N3O3/c1-3-26-20-11-17(21(25)24-18-8-10-23-12-15(18)2)6-7-19(20)27-14-16-5-4-9-22-13-16/h4-7,9,11,13,15,18,23H,3,8,10,12,14H2,1-2H3,(H,24,25). The highest BCUT2D eigenvalue weighted by molar-refractivity contribution is 5.95. The summed E-state index contributed by atoms with van der Waals surface area (Å²) in [6, 6.07) is 9.34. The number of hydrogen-bond acceptors (Lipinski definition) is 5. The van der Waals surface area contributed by atoms with E-state index in [9.17, 15) is 4.79 Å². The molecule has 1 amide bonds.